The molecule has 0 bridgehead atoms. The number of hydrogen-bond acceptors (Lipinski definition) is 3. The van der Waals surface area contributed by atoms with Gasteiger partial charge in [0, 0.05) is 19.4 Å². The van der Waals surface area contributed by atoms with Gasteiger partial charge in [0.2, 0.25) is 5.91 Å². The van der Waals surface area contributed by atoms with Crippen LogP contribution in [0.5, 0.6) is 0 Å². The number of rotatable bonds is 10. The lowest BCUT2D eigenvalue weighted by atomic mass is 9.81. The minimum absolute atomic E-state index is 0.0185. The second-order valence-corrected chi connectivity index (χ2v) is 8.59. The Kier molecular flexibility index (Phi) is 8.86. The maximum atomic E-state index is 12.0. The van der Waals surface area contributed by atoms with Crippen LogP contribution in [0.1, 0.15) is 81.1 Å². The number of carbonyl (C=O) groups is 2. The zero-order valence-electron chi connectivity index (χ0n) is 16.4. The van der Waals surface area contributed by atoms with Crippen molar-refractivity contribution in [3.05, 3.63) is 0 Å². The maximum Gasteiger partial charge on any atom is 0.306 e. The van der Waals surface area contributed by atoms with Gasteiger partial charge in [-0.25, -0.2) is 0 Å². The highest BCUT2D eigenvalue weighted by molar-refractivity contribution is 5.76. The zero-order valence-corrected chi connectivity index (χ0v) is 16.4. The Bertz CT molecular complexity index is 384. The van der Waals surface area contributed by atoms with Crippen molar-refractivity contribution < 1.29 is 14.3 Å². The van der Waals surface area contributed by atoms with Gasteiger partial charge in [-0.3, -0.25) is 9.59 Å². The van der Waals surface area contributed by atoms with E-state index in [1.807, 2.05) is 13.8 Å². The fourth-order valence-corrected chi connectivity index (χ4v) is 1.85. The van der Waals surface area contributed by atoms with Crippen molar-refractivity contribution in [3.8, 4) is 0 Å². The van der Waals surface area contributed by atoms with E-state index in [4.69, 9.17) is 4.74 Å². The molecule has 0 saturated heterocycles. The van der Waals surface area contributed by atoms with Gasteiger partial charge in [0.15, 0.2) is 0 Å². The van der Waals surface area contributed by atoms with Crippen LogP contribution in [0.4, 0.5) is 0 Å². The van der Waals surface area contributed by atoms with Gasteiger partial charge >= 0.3 is 5.97 Å². The van der Waals surface area contributed by atoms with Crippen LogP contribution in [0.2, 0.25) is 0 Å². The normalized spacial score (nSPS) is 12.6. The lowest BCUT2D eigenvalue weighted by molar-refractivity contribution is -0.158. The minimum Gasteiger partial charge on any atom is -0.460 e. The van der Waals surface area contributed by atoms with Crippen LogP contribution in [0.15, 0.2) is 0 Å². The van der Waals surface area contributed by atoms with E-state index in [1.165, 1.54) is 0 Å². The largest absolute Gasteiger partial charge is 0.460 e. The fraction of sp³-hybridized carbons (Fsp3) is 0.895. The molecule has 0 aliphatic carbocycles. The Hall–Kier alpha value is -1.06. The first kappa shape index (κ1) is 21.9. The molecule has 0 saturated carbocycles. The second-order valence-electron chi connectivity index (χ2n) is 8.59. The lowest BCUT2D eigenvalue weighted by Gasteiger charge is -2.30. The number of nitrogens with one attached hydrogen (secondary N) is 1. The summed E-state index contributed by atoms with van der Waals surface area (Å²) in [7, 11) is 0. The van der Waals surface area contributed by atoms with Gasteiger partial charge in [-0.2, -0.15) is 0 Å². The van der Waals surface area contributed by atoms with Crippen molar-refractivity contribution in [3.63, 3.8) is 0 Å². The smallest absolute Gasteiger partial charge is 0.306 e. The highest BCUT2D eigenvalue weighted by Crippen LogP contribution is 2.25. The van der Waals surface area contributed by atoms with E-state index >= 15 is 0 Å². The Morgan fingerprint density at radius 3 is 2.04 bits per heavy atom. The predicted molar refractivity (Wildman–Crippen MR) is 95.1 cm³/mol. The molecule has 4 nitrogen and oxygen atoms in total. The average Bonchev–Trinajstić information content (AvgIpc) is 2.40. The second kappa shape index (κ2) is 9.29. The predicted octanol–water partition coefficient (Wildman–Crippen LogP) is 4.32. The molecule has 0 spiro atoms. The van der Waals surface area contributed by atoms with Gasteiger partial charge in [-0.1, -0.05) is 41.5 Å². The first-order chi connectivity index (χ1) is 10.4. The van der Waals surface area contributed by atoms with E-state index in [1.54, 1.807) is 0 Å². The molecule has 0 heterocycles. The van der Waals surface area contributed by atoms with Crippen LogP contribution in [0.3, 0.4) is 0 Å². The van der Waals surface area contributed by atoms with Gasteiger partial charge in [-0.05, 0) is 43.9 Å². The summed E-state index contributed by atoms with van der Waals surface area (Å²) in [6, 6.07) is 0. The van der Waals surface area contributed by atoms with E-state index in [0.29, 0.717) is 37.6 Å². The van der Waals surface area contributed by atoms with Gasteiger partial charge < -0.3 is 10.1 Å². The van der Waals surface area contributed by atoms with Crippen molar-refractivity contribution in [2.24, 2.45) is 17.3 Å². The number of amides is 1. The van der Waals surface area contributed by atoms with Crippen LogP contribution in [-0.4, -0.2) is 24.0 Å². The first-order valence-corrected chi connectivity index (χ1v) is 8.84. The molecule has 0 aromatic carbocycles. The van der Waals surface area contributed by atoms with Gasteiger partial charge in [0.05, 0.1) is 0 Å². The first-order valence-electron chi connectivity index (χ1n) is 8.84. The van der Waals surface area contributed by atoms with Gasteiger partial charge in [-0.15, -0.1) is 0 Å². The number of carbonyl (C=O) groups excluding carboxylic acids is 2. The van der Waals surface area contributed by atoms with Gasteiger partial charge in [0.1, 0.15) is 5.60 Å². The topological polar surface area (TPSA) is 55.4 Å². The summed E-state index contributed by atoms with van der Waals surface area (Å²) in [6.07, 6.45) is 2.18. The van der Waals surface area contributed by atoms with Crippen molar-refractivity contribution in [2.45, 2.75) is 86.7 Å². The molecular formula is C19H37NO3. The minimum atomic E-state index is -0.598. The molecule has 136 valence electrons. The Morgan fingerprint density at radius 2 is 1.57 bits per heavy atom. The molecule has 0 aliphatic rings. The van der Waals surface area contributed by atoms with E-state index in [0.717, 1.165) is 6.42 Å². The molecule has 0 rings (SSSR count). The third-order valence-corrected chi connectivity index (χ3v) is 4.57. The van der Waals surface area contributed by atoms with Gasteiger partial charge in [0.25, 0.3) is 0 Å². The molecule has 0 aliphatic heterocycles. The molecule has 0 fully saturated rings. The fourth-order valence-electron chi connectivity index (χ4n) is 1.85. The summed E-state index contributed by atoms with van der Waals surface area (Å²) in [4.78, 5) is 23.8. The molecule has 4 heteroatoms. The maximum absolute atomic E-state index is 12.0. The molecular weight excluding hydrogens is 290 g/mol. The van der Waals surface area contributed by atoms with Crippen molar-refractivity contribution in [1.82, 2.24) is 5.32 Å². The van der Waals surface area contributed by atoms with E-state index in [2.05, 4.69) is 46.9 Å². The molecule has 23 heavy (non-hydrogen) atoms. The molecule has 1 amide bonds. The van der Waals surface area contributed by atoms with Crippen molar-refractivity contribution >= 4 is 11.9 Å². The number of hydrogen-bond donors (Lipinski definition) is 1. The highest BCUT2D eigenvalue weighted by Gasteiger charge is 2.26. The quantitative estimate of drug-likeness (QED) is 0.608. The van der Waals surface area contributed by atoms with E-state index in [-0.39, 0.29) is 17.3 Å². The Labute approximate surface area is 142 Å². The summed E-state index contributed by atoms with van der Waals surface area (Å²) in [5.74, 6) is 0.831. The number of ether oxygens (including phenoxy) is 1. The molecule has 0 atom stereocenters. The summed E-state index contributed by atoms with van der Waals surface area (Å²) in [5, 5.41) is 2.99. The average molecular weight is 328 g/mol. The van der Waals surface area contributed by atoms with Crippen LogP contribution in [0.25, 0.3) is 0 Å². The standard InChI is InChI=1S/C19H37NO3/c1-14(2)9-10-17(22)23-19(7,8)12-11-16(21)20-13-18(5,6)15(3)4/h14-15H,9-13H2,1-8H3,(H,20,21). The van der Waals surface area contributed by atoms with Crippen molar-refractivity contribution in [1.29, 1.82) is 0 Å². The Morgan fingerprint density at radius 1 is 1.00 bits per heavy atom. The zero-order chi connectivity index (χ0) is 18.3. The van der Waals surface area contributed by atoms with Crippen LogP contribution < -0.4 is 5.32 Å². The highest BCUT2D eigenvalue weighted by atomic mass is 16.6. The number of esters is 1. The van der Waals surface area contributed by atoms with Crippen LogP contribution in [-0.2, 0) is 14.3 Å². The summed E-state index contributed by atoms with van der Waals surface area (Å²) < 4.78 is 5.50. The third-order valence-electron chi connectivity index (χ3n) is 4.57. The summed E-state index contributed by atoms with van der Waals surface area (Å²) >= 11 is 0. The molecule has 0 unspecified atom stereocenters. The Balaban J connectivity index is 4.17. The molecule has 0 aromatic heterocycles. The van der Waals surface area contributed by atoms with Crippen LogP contribution in [0, 0.1) is 17.3 Å². The SMILES string of the molecule is CC(C)CCC(=O)OC(C)(C)CCC(=O)NCC(C)(C)C(C)C. The monoisotopic (exact) mass is 327 g/mol. The molecule has 0 radical (unpaired) electrons. The van der Waals surface area contributed by atoms with E-state index < -0.39 is 5.60 Å². The summed E-state index contributed by atoms with van der Waals surface area (Å²) in [5.41, 5.74) is -0.520. The summed E-state index contributed by atoms with van der Waals surface area (Å²) in [6.45, 7) is 17.2. The van der Waals surface area contributed by atoms with E-state index in [9.17, 15) is 9.59 Å². The molecule has 0 aromatic rings. The van der Waals surface area contributed by atoms with Crippen molar-refractivity contribution in [2.75, 3.05) is 6.54 Å². The lowest BCUT2D eigenvalue weighted by Crippen LogP contribution is -2.38. The third kappa shape index (κ3) is 10.4. The molecule has 1 N–H and O–H groups in total. The van der Waals surface area contributed by atoms with Crippen LogP contribution >= 0.6 is 0 Å².